The first kappa shape index (κ1) is 14.6. The second-order valence-corrected chi connectivity index (χ2v) is 6.36. The summed E-state index contributed by atoms with van der Waals surface area (Å²) in [5.74, 6) is 0.281. The number of rotatable bonds is 5. The molecule has 1 aromatic rings. The Bertz CT molecular complexity index is 526. The summed E-state index contributed by atoms with van der Waals surface area (Å²) in [6.07, 6.45) is 4.39. The molecule has 3 unspecified atom stereocenters. The molecule has 3 atom stereocenters. The van der Waals surface area contributed by atoms with Crippen molar-refractivity contribution in [3.05, 3.63) is 17.5 Å². The van der Waals surface area contributed by atoms with E-state index in [4.69, 9.17) is 0 Å². The standard InChI is InChI=1S/C16H25N3O2/c1-3-12-8-13(19(4-2)17-12)10-18-9-11-6-5-7-14(11)15(18)16(20)21/h8,11,14-15H,3-7,9-10H2,1-2H3,(H,20,21). The number of carboxylic acids is 1. The maximum atomic E-state index is 11.7. The number of carboxylic acid groups (broad SMARTS) is 1. The third kappa shape index (κ3) is 2.59. The minimum absolute atomic E-state index is 0.303. The Morgan fingerprint density at radius 2 is 2.24 bits per heavy atom. The quantitative estimate of drug-likeness (QED) is 0.903. The third-order valence-electron chi connectivity index (χ3n) is 5.18. The summed E-state index contributed by atoms with van der Waals surface area (Å²) in [4.78, 5) is 13.9. The van der Waals surface area contributed by atoms with Gasteiger partial charge in [0, 0.05) is 19.6 Å². The number of fused-ring (bicyclic) bond motifs is 1. The van der Waals surface area contributed by atoms with Crippen LogP contribution < -0.4 is 0 Å². The number of hydrogen-bond acceptors (Lipinski definition) is 3. The summed E-state index contributed by atoms with van der Waals surface area (Å²) < 4.78 is 2.02. The van der Waals surface area contributed by atoms with Crippen LogP contribution in [0.1, 0.15) is 44.5 Å². The van der Waals surface area contributed by atoms with E-state index >= 15 is 0 Å². The van der Waals surface area contributed by atoms with Crippen LogP contribution in [0, 0.1) is 11.8 Å². The van der Waals surface area contributed by atoms with E-state index in [-0.39, 0.29) is 6.04 Å². The Labute approximate surface area is 125 Å². The van der Waals surface area contributed by atoms with Crippen LogP contribution in [0.4, 0.5) is 0 Å². The molecule has 1 saturated heterocycles. The van der Waals surface area contributed by atoms with Gasteiger partial charge in [0.25, 0.3) is 0 Å². The van der Waals surface area contributed by atoms with Crippen LogP contribution in [0.3, 0.4) is 0 Å². The molecule has 5 heteroatoms. The third-order valence-corrected chi connectivity index (χ3v) is 5.18. The molecule has 5 nitrogen and oxygen atoms in total. The lowest BCUT2D eigenvalue weighted by Crippen LogP contribution is -2.39. The topological polar surface area (TPSA) is 58.4 Å². The second kappa shape index (κ2) is 5.79. The molecule has 1 saturated carbocycles. The molecule has 1 aliphatic heterocycles. The highest BCUT2D eigenvalue weighted by molar-refractivity contribution is 5.74. The Kier molecular flexibility index (Phi) is 4.02. The molecule has 0 bridgehead atoms. The summed E-state index contributed by atoms with van der Waals surface area (Å²) in [7, 11) is 0. The van der Waals surface area contributed by atoms with Gasteiger partial charge in [-0.1, -0.05) is 13.3 Å². The summed E-state index contributed by atoms with van der Waals surface area (Å²) >= 11 is 0. The monoisotopic (exact) mass is 291 g/mol. The van der Waals surface area contributed by atoms with Crippen LogP contribution in [0.15, 0.2) is 6.07 Å². The van der Waals surface area contributed by atoms with Crippen LogP contribution in [-0.2, 0) is 24.3 Å². The maximum Gasteiger partial charge on any atom is 0.321 e. The predicted octanol–water partition coefficient (Wildman–Crippen LogP) is 2.15. The molecule has 1 aromatic heterocycles. The van der Waals surface area contributed by atoms with Crippen molar-refractivity contribution in [2.75, 3.05) is 6.54 Å². The molecule has 1 N–H and O–H groups in total. The number of aliphatic carboxylic acids is 1. The average molecular weight is 291 g/mol. The lowest BCUT2D eigenvalue weighted by Gasteiger charge is -2.24. The second-order valence-electron chi connectivity index (χ2n) is 6.36. The van der Waals surface area contributed by atoms with E-state index in [1.54, 1.807) is 0 Å². The Hall–Kier alpha value is -1.36. The van der Waals surface area contributed by atoms with Crippen LogP contribution in [0.2, 0.25) is 0 Å². The van der Waals surface area contributed by atoms with Gasteiger partial charge >= 0.3 is 5.97 Å². The molecule has 0 radical (unpaired) electrons. The molecule has 0 amide bonds. The summed E-state index contributed by atoms with van der Waals surface area (Å²) in [5.41, 5.74) is 2.25. The van der Waals surface area contributed by atoms with Crippen molar-refractivity contribution in [2.24, 2.45) is 11.8 Å². The van der Waals surface area contributed by atoms with Crippen molar-refractivity contribution in [3.63, 3.8) is 0 Å². The van der Waals surface area contributed by atoms with Crippen molar-refractivity contribution in [2.45, 2.75) is 58.7 Å². The summed E-state index contributed by atoms with van der Waals surface area (Å²) in [6.45, 7) is 6.67. The number of carbonyl (C=O) groups is 1. The molecular weight excluding hydrogens is 266 g/mol. The van der Waals surface area contributed by atoms with E-state index in [9.17, 15) is 9.90 Å². The minimum Gasteiger partial charge on any atom is -0.480 e. The van der Waals surface area contributed by atoms with Crippen LogP contribution in [-0.4, -0.2) is 38.3 Å². The predicted molar refractivity (Wildman–Crippen MR) is 79.9 cm³/mol. The lowest BCUT2D eigenvalue weighted by atomic mass is 9.94. The van der Waals surface area contributed by atoms with Gasteiger partial charge in [-0.25, -0.2) is 0 Å². The van der Waals surface area contributed by atoms with Gasteiger partial charge in [0.05, 0.1) is 11.4 Å². The number of aromatic nitrogens is 2. The number of hydrogen-bond donors (Lipinski definition) is 1. The van der Waals surface area contributed by atoms with Crippen molar-refractivity contribution < 1.29 is 9.90 Å². The van der Waals surface area contributed by atoms with Crippen LogP contribution >= 0.6 is 0 Å². The van der Waals surface area contributed by atoms with Crippen molar-refractivity contribution >= 4 is 5.97 Å². The van der Waals surface area contributed by atoms with Gasteiger partial charge in [0.2, 0.25) is 0 Å². The van der Waals surface area contributed by atoms with E-state index in [1.165, 1.54) is 12.8 Å². The maximum absolute atomic E-state index is 11.7. The van der Waals surface area contributed by atoms with Gasteiger partial charge in [-0.2, -0.15) is 5.10 Å². The van der Waals surface area contributed by atoms with E-state index in [0.29, 0.717) is 18.4 Å². The Morgan fingerprint density at radius 1 is 1.43 bits per heavy atom. The first-order valence-corrected chi connectivity index (χ1v) is 8.16. The zero-order valence-corrected chi connectivity index (χ0v) is 13.0. The largest absolute Gasteiger partial charge is 0.480 e. The van der Waals surface area contributed by atoms with Crippen molar-refractivity contribution in [1.82, 2.24) is 14.7 Å². The molecule has 2 aliphatic rings. The van der Waals surface area contributed by atoms with E-state index in [2.05, 4.69) is 29.9 Å². The Morgan fingerprint density at radius 3 is 2.90 bits per heavy atom. The van der Waals surface area contributed by atoms with Gasteiger partial charge in [-0.15, -0.1) is 0 Å². The van der Waals surface area contributed by atoms with Gasteiger partial charge in [-0.3, -0.25) is 14.4 Å². The fourth-order valence-corrected chi connectivity index (χ4v) is 4.19. The fourth-order valence-electron chi connectivity index (χ4n) is 4.19. The van der Waals surface area contributed by atoms with E-state index in [0.717, 1.165) is 37.3 Å². The number of nitrogens with zero attached hydrogens (tertiary/aromatic N) is 3. The van der Waals surface area contributed by atoms with Crippen molar-refractivity contribution in [3.8, 4) is 0 Å². The van der Waals surface area contributed by atoms with Gasteiger partial charge in [0.15, 0.2) is 0 Å². The highest BCUT2D eigenvalue weighted by atomic mass is 16.4. The minimum atomic E-state index is -0.650. The average Bonchev–Trinajstić information content (AvgIpc) is 3.11. The zero-order valence-electron chi connectivity index (χ0n) is 13.0. The number of aryl methyl sites for hydroxylation is 2. The smallest absolute Gasteiger partial charge is 0.321 e. The molecular formula is C16H25N3O2. The van der Waals surface area contributed by atoms with Crippen molar-refractivity contribution in [1.29, 1.82) is 0 Å². The molecule has 21 heavy (non-hydrogen) atoms. The zero-order chi connectivity index (χ0) is 15.0. The summed E-state index contributed by atoms with van der Waals surface area (Å²) in [5, 5.41) is 14.2. The summed E-state index contributed by atoms with van der Waals surface area (Å²) in [6, 6.07) is 1.83. The molecule has 2 heterocycles. The molecule has 0 aromatic carbocycles. The van der Waals surface area contributed by atoms with E-state index < -0.39 is 5.97 Å². The van der Waals surface area contributed by atoms with Gasteiger partial charge in [0.1, 0.15) is 6.04 Å². The molecule has 0 spiro atoms. The highest BCUT2D eigenvalue weighted by Crippen LogP contribution is 2.42. The first-order valence-electron chi connectivity index (χ1n) is 8.16. The molecule has 116 valence electrons. The SMILES string of the molecule is CCc1cc(CN2CC3CCCC3C2C(=O)O)n(CC)n1. The van der Waals surface area contributed by atoms with Gasteiger partial charge in [-0.05, 0) is 44.1 Å². The fraction of sp³-hybridized carbons (Fsp3) is 0.750. The first-order chi connectivity index (χ1) is 10.1. The lowest BCUT2D eigenvalue weighted by molar-refractivity contribution is -0.143. The number of likely N-dealkylation sites (tertiary alicyclic amines) is 1. The van der Waals surface area contributed by atoms with E-state index in [1.807, 2.05) is 4.68 Å². The highest BCUT2D eigenvalue weighted by Gasteiger charge is 2.47. The van der Waals surface area contributed by atoms with Crippen LogP contribution in [0.5, 0.6) is 0 Å². The van der Waals surface area contributed by atoms with Gasteiger partial charge < -0.3 is 5.11 Å². The Balaban J connectivity index is 1.80. The van der Waals surface area contributed by atoms with Crippen LogP contribution in [0.25, 0.3) is 0 Å². The molecule has 2 fully saturated rings. The normalized spacial score (nSPS) is 29.0. The molecule has 1 aliphatic carbocycles. The molecule has 3 rings (SSSR count).